The van der Waals surface area contributed by atoms with E-state index < -0.39 is 69.9 Å². The molecule has 3 aliphatic rings. The molecule has 0 unspecified atom stereocenters. The van der Waals surface area contributed by atoms with Gasteiger partial charge in [0.2, 0.25) is 5.78 Å². The Labute approximate surface area is 252 Å². The molecule has 13 nitrogen and oxygen atoms in total. The maximum atomic E-state index is 14.1. The summed E-state index contributed by atoms with van der Waals surface area (Å²) in [6.45, 7) is -0.214. The van der Waals surface area contributed by atoms with Crippen molar-refractivity contribution in [3.8, 4) is 11.5 Å². The number of phenolic OH excluding ortho intramolecular Hbond substituents is 1. The lowest BCUT2D eigenvalue weighted by Gasteiger charge is -2.50. The number of fused-ring (bicyclic) bond motifs is 3. The lowest BCUT2D eigenvalue weighted by Crippen LogP contribution is -2.63. The number of para-hydroxylation sites is 1. The zero-order chi connectivity index (χ0) is 32.2. The standard InChI is InChI=1S/C31H34N4O9/c1-34(2)19-12-15(13-33-30(42)44-16-8-6-5-7-9-16)24(36)21-17(19)10-14-11-18-23(35(3)4)26(38)22(29(32)41)28(40)31(18,43)27(39)20(14)25(21)37/h5-9,12,14,18,23,36,38-39,43H,10-11,13H2,1-4H3,(H2,32,41)(H,33,42)/t14-,18-,23-,31-/m0/s1. The molecule has 0 fully saturated rings. The summed E-state index contributed by atoms with van der Waals surface area (Å²) in [4.78, 5) is 55.4. The Bertz CT molecular complexity index is 1650. The van der Waals surface area contributed by atoms with Crippen LogP contribution in [-0.2, 0) is 22.6 Å². The van der Waals surface area contributed by atoms with Gasteiger partial charge in [-0.3, -0.25) is 19.3 Å². The van der Waals surface area contributed by atoms with Crippen LogP contribution in [0.2, 0.25) is 0 Å². The van der Waals surface area contributed by atoms with Crippen molar-refractivity contribution < 1.29 is 44.3 Å². The average molecular weight is 607 g/mol. The zero-order valence-electron chi connectivity index (χ0n) is 24.6. The van der Waals surface area contributed by atoms with Crippen LogP contribution in [0, 0.1) is 11.8 Å². The van der Waals surface area contributed by atoms with Crippen molar-refractivity contribution in [3.05, 3.63) is 75.8 Å². The Morgan fingerprint density at radius 3 is 2.34 bits per heavy atom. The topological polar surface area (TPSA) is 203 Å². The van der Waals surface area contributed by atoms with Crippen molar-refractivity contribution in [2.75, 3.05) is 33.1 Å². The highest BCUT2D eigenvalue weighted by Gasteiger charge is 2.63. The average Bonchev–Trinajstić information content (AvgIpc) is 2.94. The van der Waals surface area contributed by atoms with Crippen LogP contribution in [0.5, 0.6) is 11.5 Å². The van der Waals surface area contributed by atoms with Crippen LogP contribution in [0.25, 0.3) is 0 Å². The number of nitrogens with one attached hydrogen (secondary N) is 1. The van der Waals surface area contributed by atoms with E-state index >= 15 is 0 Å². The van der Waals surface area contributed by atoms with Gasteiger partial charge in [0.05, 0.1) is 11.6 Å². The van der Waals surface area contributed by atoms with E-state index in [-0.39, 0.29) is 36.1 Å². The molecule has 0 radical (unpaired) electrons. The monoisotopic (exact) mass is 606 g/mol. The van der Waals surface area contributed by atoms with Gasteiger partial charge in [0.15, 0.2) is 11.4 Å². The number of aliphatic hydroxyl groups is 3. The predicted octanol–water partition coefficient (Wildman–Crippen LogP) is 1.48. The minimum absolute atomic E-state index is 0.0198. The number of allylic oxidation sites excluding steroid dienone is 1. The number of anilines is 1. The minimum Gasteiger partial charge on any atom is -0.510 e. The molecule has 2 amide bonds. The SMILES string of the molecule is CN(C)c1cc(CNC(=O)Oc2ccccc2)c(O)c2c1C[C@H]1C[C@H]3[C@H](N(C)C)C(O)=C(C(N)=O)C(=O)[C@@]3(O)C(O)=C1C2=O. The minimum atomic E-state index is -2.73. The fourth-order valence-corrected chi connectivity index (χ4v) is 6.69. The first-order valence-electron chi connectivity index (χ1n) is 13.9. The fourth-order valence-electron chi connectivity index (χ4n) is 6.69. The van der Waals surface area contributed by atoms with Crippen molar-refractivity contribution in [2.45, 2.75) is 31.0 Å². The molecule has 13 heteroatoms. The van der Waals surface area contributed by atoms with Crippen LogP contribution in [-0.4, -0.2) is 88.7 Å². The van der Waals surface area contributed by atoms with Gasteiger partial charge in [0.25, 0.3) is 5.91 Å². The summed E-state index contributed by atoms with van der Waals surface area (Å²) in [6, 6.07) is 8.91. The number of phenols is 1. The van der Waals surface area contributed by atoms with Crippen molar-refractivity contribution in [1.82, 2.24) is 10.2 Å². The highest BCUT2D eigenvalue weighted by molar-refractivity contribution is 6.25. The number of primary amides is 1. The normalized spacial score (nSPS) is 24.5. The molecule has 0 spiro atoms. The summed E-state index contributed by atoms with van der Waals surface area (Å²) in [5.41, 5.74) is 2.60. The lowest BCUT2D eigenvalue weighted by molar-refractivity contribution is -0.148. The van der Waals surface area contributed by atoms with Crippen molar-refractivity contribution in [2.24, 2.45) is 17.6 Å². The summed E-state index contributed by atoms with van der Waals surface area (Å²) in [7, 11) is 6.63. The summed E-state index contributed by atoms with van der Waals surface area (Å²) >= 11 is 0. The third kappa shape index (κ3) is 4.64. The smallest absolute Gasteiger partial charge is 0.412 e. The maximum Gasteiger partial charge on any atom is 0.412 e. The van der Waals surface area contributed by atoms with Crippen LogP contribution in [0.1, 0.15) is 27.9 Å². The molecule has 0 saturated heterocycles. The number of carbonyl (C=O) groups excluding carboxylic acids is 4. The van der Waals surface area contributed by atoms with Crippen molar-refractivity contribution in [1.29, 1.82) is 0 Å². The number of hydrogen-bond donors (Lipinski definition) is 6. The van der Waals surface area contributed by atoms with E-state index in [0.29, 0.717) is 17.0 Å². The molecule has 4 atom stereocenters. The molecule has 7 N–H and O–H groups in total. The largest absolute Gasteiger partial charge is 0.510 e. The van der Waals surface area contributed by atoms with Gasteiger partial charge in [0.1, 0.15) is 28.6 Å². The summed E-state index contributed by atoms with van der Waals surface area (Å²) < 4.78 is 5.23. The van der Waals surface area contributed by atoms with Gasteiger partial charge in [-0.25, -0.2) is 4.79 Å². The van der Waals surface area contributed by atoms with Gasteiger partial charge in [0, 0.05) is 43.4 Å². The highest BCUT2D eigenvalue weighted by atomic mass is 16.6. The van der Waals surface area contributed by atoms with Crippen LogP contribution < -0.4 is 20.7 Å². The molecule has 0 heterocycles. The van der Waals surface area contributed by atoms with E-state index in [2.05, 4.69) is 5.32 Å². The molecule has 2 aromatic rings. The van der Waals surface area contributed by atoms with E-state index in [4.69, 9.17) is 10.5 Å². The Morgan fingerprint density at radius 2 is 1.75 bits per heavy atom. The van der Waals surface area contributed by atoms with Crippen LogP contribution in [0.4, 0.5) is 10.5 Å². The number of amides is 2. The number of hydrogen-bond acceptors (Lipinski definition) is 11. The second kappa shape index (κ2) is 11.0. The number of carbonyl (C=O) groups is 4. The van der Waals surface area contributed by atoms with Crippen LogP contribution in [0.15, 0.2) is 59.1 Å². The molecule has 0 aromatic heterocycles. The lowest BCUT2D eigenvalue weighted by atomic mass is 9.58. The third-order valence-electron chi connectivity index (χ3n) is 8.64. The molecule has 0 bridgehead atoms. The van der Waals surface area contributed by atoms with Gasteiger partial charge in [-0.1, -0.05) is 18.2 Å². The fraction of sp³-hybridized carbons (Fsp3) is 0.355. The quantitative estimate of drug-likeness (QED) is 0.260. The first-order valence-corrected chi connectivity index (χ1v) is 13.9. The van der Waals surface area contributed by atoms with Gasteiger partial charge in [-0.2, -0.15) is 0 Å². The van der Waals surface area contributed by atoms with Crippen LogP contribution >= 0.6 is 0 Å². The van der Waals surface area contributed by atoms with Gasteiger partial charge in [-0.05, 0) is 56.6 Å². The number of aliphatic hydroxyl groups excluding tert-OH is 2. The van der Waals surface area contributed by atoms with Gasteiger partial charge >= 0.3 is 6.09 Å². The van der Waals surface area contributed by atoms with E-state index in [1.165, 1.54) is 4.90 Å². The summed E-state index contributed by atoms with van der Waals surface area (Å²) in [6.07, 6.45) is -0.673. The first kappa shape index (κ1) is 30.6. The number of nitrogens with zero attached hydrogens (tertiary/aromatic N) is 2. The Balaban J connectivity index is 1.58. The molecule has 0 aliphatic heterocycles. The molecule has 232 valence electrons. The molecule has 0 saturated carbocycles. The van der Waals surface area contributed by atoms with Crippen LogP contribution in [0.3, 0.4) is 0 Å². The molecule has 3 aliphatic carbocycles. The number of ether oxygens (including phenoxy) is 1. The highest BCUT2D eigenvalue weighted by Crippen LogP contribution is 2.53. The number of Topliss-reactive ketones (excluding diaryl/α,β-unsaturated/α-hetero) is 2. The zero-order valence-corrected chi connectivity index (χ0v) is 24.6. The molecule has 2 aromatic carbocycles. The summed E-state index contributed by atoms with van der Waals surface area (Å²) in [5, 5.41) is 48.1. The van der Waals surface area contributed by atoms with E-state index in [0.717, 1.165) is 0 Å². The Hall–Kier alpha value is -4.88. The molecule has 5 rings (SSSR count). The van der Waals surface area contributed by atoms with Crippen molar-refractivity contribution >= 4 is 29.3 Å². The predicted molar refractivity (Wildman–Crippen MR) is 157 cm³/mol. The van der Waals surface area contributed by atoms with Crippen molar-refractivity contribution in [3.63, 3.8) is 0 Å². The first-order chi connectivity index (χ1) is 20.7. The molecular formula is C31H34N4O9. The second-order valence-electron chi connectivity index (χ2n) is 11.7. The number of ketones is 2. The van der Waals surface area contributed by atoms with Gasteiger partial charge < -0.3 is 41.1 Å². The Morgan fingerprint density at radius 1 is 1.09 bits per heavy atom. The number of aromatic hydroxyl groups is 1. The van der Waals surface area contributed by atoms with E-state index in [1.54, 1.807) is 69.5 Å². The van der Waals surface area contributed by atoms with E-state index in [1.807, 2.05) is 0 Å². The molecule has 44 heavy (non-hydrogen) atoms. The maximum absolute atomic E-state index is 14.1. The number of likely N-dealkylation sites (N-methyl/N-ethyl adjacent to an activating group) is 1. The van der Waals surface area contributed by atoms with E-state index in [9.17, 15) is 39.6 Å². The number of benzene rings is 2. The second-order valence-corrected chi connectivity index (χ2v) is 11.7. The third-order valence-corrected chi connectivity index (χ3v) is 8.64. The number of nitrogens with two attached hydrogens (primary N) is 1. The number of rotatable bonds is 6. The Kier molecular flexibility index (Phi) is 7.64. The summed E-state index contributed by atoms with van der Waals surface area (Å²) in [5.74, 6) is -6.95. The molecular weight excluding hydrogens is 572 g/mol. The van der Waals surface area contributed by atoms with Gasteiger partial charge in [-0.15, -0.1) is 0 Å².